The summed E-state index contributed by atoms with van der Waals surface area (Å²) in [5.41, 5.74) is 1.48. The fourth-order valence-corrected chi connectivity index (χ4v) is 3.22. The lowest BCUT2D eigenvalue weighted by Gasteiger charge is -2.11. The minimum Gasteiger partial charge on any atom is -0.325 e. The largest absolute Gasteiger partial charge is 0.325 e. The summed E-state index contributed by atoms with van der Waals surface area (Å²) in [6, 6.07) is 14.0. The van der Waals surface area contributed by atoms with Crippen LogP contribution in [0.15, 0.2) is 61.2 Å². The summed E-state index contributed by atoms with van der Waals surface area (Å²) in [6.45, 7) is 3.73. The van der Waals surface area contributed by atoms with E-state index in [-0.39, 0.29) is 11.7 Å². The number of carbonyl (C=O) groups excluding carboxylic acids is 2. The van der Waals surface area contributed by atoms with Crippen LogP contribution in [0.1, 0.15) is 67.3 Å². The van der Waals surface area contributed by atoms with Crippen molar-refractivity contribution >= 4 is 29.0 Å². The molecule has 0 saturated heterocycles. The summed E-state index contributed by atoms with van der Waals surface area (Å²) in [6.07, 6.45) is 10.1. The summed E-state index contributed by atoms with van der Waals surface area (Å²) in [4.78, 5) is 25.1. The van der Waals surface area contributed by atoms with Gasteiger partial charge in [0.2, 0.25) is 5.91 Å². The second kappa shape index (κ2) is 12.1. The monoisotopic (exact) mass is 397 g/mol. The van der Waals surface area contributed by atoms with Crippen molar-refractivity contribution < 1.29 is 9.59 Å². The Bertz CT molecular complexity index is 786. The van der Waals surface area contributed by atoms with Gasteiger partial charge in [0.25, 0.3) is 0 Å². The van der Waals surface area contributed by atoms with Crippen LogP contribution in [0.4, 0.5) is 5.69 Å². The molecule has 0 spiro atoms. The predicted molar refractivity (Wildman–Crippen MR) is 117 cm³/mol. The molecule has 0 fully saturated rings. The average Bonchev–Trinajstić information content (AvgIpc) is 2.71. The number of amides is 1. The van der Waals surface area contributed by atoms with Crippen molar-refractivity contribution in [3.05, 3.63) is 77.3 Å². The van der Waals surface area contributed by atoms with Crippen molar-refractivity contribution in [1.82, 2.24) is 0 Å². The molecule has 148 valence electrons. The van der Waals surface area contributed by atoms with E-state index in [9.17, 15) is 9.59 Å². The molecule has 0 heterocycles. The predicted octanol–water partition coefficient (Wildman–Crippen LogP) is 6.82. The van der Waals surface area contributed by atoms with Crippen LogP contribution in [0.5, 0.6) is 0 Å². The first-order chi connectivity index (χ1) is 13.6. The normalized spacial score (nSPS) is 10.5. The molecule has 4 heteroatoms. The molecule has 2 aromatic rings. The van der Waals surface area contributed by atoms with E-state index < -0.39 is 0 Å². The molecule has 1 amide bonds. The number of carbonyl (C=O) groups is 2. The molecule has 2 aromatic carbocycles. The van der Waals surface area contributed by atoms with Gasteiger partial charge in [0, 0.05) is 22.6 Å². The molecule has 1 N–H and O–H groups in total. The number of allylic oxidation sites excluding steroid dienone is 1. The number of ketones is 1. The number of benzene rings is 2. The van der Waals surface area contributed by atoms with E-state index in [0.717, 1.165) is 25.7 Å². The highest BCUT2D eigenvalue weighted by atomic mass is 35.5. The molecule has 0 atom stereocenters. The van der Waals surface area contributed by atoms with E-state index in [0.29, 0.717) is 28.3 Å². The van der Waals surface area contributed by atoms with E-state index in [1.165, 1.54) is 19.3 Å². The Kier molecular flexibility index (Phi) is 9.50. The zero-order valence-corrected chi connectivity index (χ0v) is 17.0. The fourth-order valence-electron chi connectivity index (χ4n) is 3.05. The third-order valence-electron chi connectivity index (χ3n) is 4.60. The molecule has 0 radical (unpaired) electrons. The number of rotatable bonds is 12. The van der Waals surface area contributed by atoms with E-state index in [1.807, 2.05) is 24.3 Å². The van der Waals surface area contributed by atoms with Crippen LogP contribution in [0.2, 0.25) is 5.02 Å². The first-order valence-corrected chi connectivity index (χ1v) is 10.3. The van der Waals surface area contributed by atoms with E-state index in [2.05, 4.69) is 11.9 Å². The molecular formula is C24H28ClNO2. The van der Waals surface area contributed by atoms with Crippen LogP contribution in [-0.4, -0.2) is 11.7 Å². The van der Waals surface area contributed by atoms with E-state index in [1.54, 1.807) is 30.3 Å². The van der Waals surface area contributed by atoms with Crippen molar-refractivity contribution in [3.63, 3.8) is 0 Å². The first kappa shape index (κ1) is 21.9. The molecule has 3 nitrogen and oxygen atoms in total. The highest BCUT2D eigenvalue weighted by Crippen LogP contribution is 2.24. The molecular weight excluding hydrogens is 370 g/mol. The number of hydrogen-bond donors (Lipinski definition) is 1. The van der Waals surface area contributed by atoms with Crippen LogP contribution >= 0.6 is 11.6 Å². The average molecular weight is 398 g/mol. The van der Waals surface area contributed by atoms with Crippen LogP contribution in [0, 0.1) is 0 Å². The lowest BCUT2D eigenvalue weighted by atomic mass is 10.0. The molecule has 0 aliphatic carbocycles. The smallest absolute Gasteiger partial charge is 0.224 e. The summed E-state index contributed by atoms with van der Waals surface area (Å²) in [5.74, 6) is -0.228. The Morgan fingerprint density at radius 1 is 0.929 bits per heavy atom. The molecule has 2 rings (SSSR count). The minimum absolute atomic E-state index is 0.0731. The third-order valence-corrected chi connectivity index (χ3v) is 4.83. The van der Waals surface area contributed by atoms with Gasteiger partial charge in [-0.05, 0) is 37.5 Å². The highest BCUT2D eigenvalue weighted by Gasteiger charge is 2.15. The maximum atomic E-state index is 12.8. The quantitative estimate of drug-likeness (QED) is 0.242. The van der Waals surface area contributed by atoms with Crippen LogP contribution in [0.25, 0.3) is 0 Å². The van der Waals surface area contributed by atoms with Gasteiger partial charge in [0.05, 0.1) is 5.69 Å². The van der Waals surface area contributed by atoms with Crippen molar-refractivity contribution in [2.45, 2.75) is 51.4 Å². The van der Waals surface area contributed by atoms with E-state index in [4.69, 9.17) is 11.6 Å². The second-order valence-electron chi connectivity index (χ2n) is 6.88. The van der Waals surface area contributed by atoms with Gasteiger partial charge < -0.3 is 5.32 Å². The molecule has 0 saturated carbocycles. The van der Waals surface area contributed by atoms with Crippen molar-refractivity contribution in [2.75, 3.05) is 5.32 Å². The zero-order chi connectivity index (χ0) is 20.2. The number of nitrogens with one attached hydrogen (secondary N) is 1. The zero-order valence-electron chi connectivity index (χ0n) is 16.3. The van der Waals surface area contributed by atoms with Gasteiger partial charge in [0.1, 0.15) is 0 Å². The van der Waals surface area contributed by atoms with Gasteiger partial charge >= 0.3 is 0 Å². The Morgan fingerprint density at radius 3 is 2.32 bits per heavy atom. The standard InChI is InChI=1S/C24H28ClNO2/c1-2-3-4-5-6-7-8-12-15-23(27)26-22-17-16-20(25)18-21(22)24(28)19-13-10-9-11-14-19/h2,9-11,13-14,16-18H,1,3-8,12,15H2,(H,26,27). The topological polar surface area (TPSA) is 46.2 Å². The molecule has 0 aliphatic rings. The molecule has 0 aromatic heterocycles. The van der Waals surface area contributed by atoms with Crippen molar-refractivity contribution in [3.8, 4) is 0 Å². The maximum Gasteiger partial charge on any atom is 0.224 e. The Morgan fingerprint density at radius 2 is 1.61 bits per heavy atom. The Hall–Kier alpha value is -2.39. The first-order valence-electron chi connectivity index (χ1n) is 9.92. The molecule has 0 aliphatic heterocycles. The van der Waals surface area contributed by atoms with Gasteiger partial charge in [-0.2, -0.15) is 0 Å². The molecule has 0 bridgehead atoms. The summed E-state index contributed by atoms with van der Waals surface area (Å²) < 4.78 is 0. The number of anilines is 1. The maximum absolute atomic E-state index is 12.8. The number of unbranched alkanes of at least 4 members (excludes halogenated alkanes) is 6. The Balaban J connectivity index is 1.87. The number of halogens is 1. The summed E-state index contributed by atoms with van der Waals surface area (Å²) in [7, 11) is 0. The minimum atomic E-state index is -0.155. The van der Waals surface area contributed by atoms with Gasteiger partial charge in [-0.25, -0.2) is 0 Å². The van der Waals surface area contributed by atoms with Gasteiger partial charge in [-0.1, -0.05) is 73.7 Å². The Labute approximate surface area is 172 Å². The van der Waals surface area contributed by atoms with Crippen LogP contribution in [0.3, 0.4) is 0 Å². The second-order valence-corrected chi connectivity index (χ2v) is 7.32. The summed E-state index contributed by atoms with van der Waals surface area (Å²) >= 11 is 6.08. The lowest BCUT2D eigenvalue weighted by molar-refractivity contribution is -0.116. The molecule has 0 unspecified atom stereocenters. The fraction of sp³-hybridized carbons (Fsp3) is 0.333. The number of hydrogen-bond acceptors (Lipinski definition) is 2. The van der Waals surface area contributed by atoms with Crippen LogP contribution in [-0.2, 0) is 4.79 Å². The highest BCUT2D eigenvalue weighted by molar-refractivity contribution is 6.31. The van der Waals surface area contributed by atoms with Gasteiger partial charge in [-0.15, -0.1) is 6.58 Å². The van der Waals surface area contributed by atoms with Gasteiger partial charge in [-0.3, -0.25) is 9.59 Å². The van der Waals surface area contributed by atoms with Crippen molar-refractivity contribution in [1.29, 1.82) is 0 Å². The van der Waals surface area contributed by atoms with Crippen LogP contribution < -0.4 is 5.32 Å². The van der Waals surface area contributed by atoms with E-state index >= 15 is 0 Å². The SMILES string of the molecule is C=CCCCCCCCCC(=O)Nc1ccc(Cl)cc1C(=O)c1ccccc1. The summed E-state index contributed by atoms with van der Waals surface area (Å²) in [5, 5.41) is 3.34. The lowest BCUT2D eigenvalue weighted by Crippen LogP contribution is -2.14. The van der Waals surface area contributed by atoms with Gasteiger partial charge in [0.15, 0.2) is 5.78 Å². The third kappa shape index (κ3) is 7.32. The molecule has 28 heavy (non-hydrogen) atoms. The van der Waals surface area contributed by atoms with Crippen molar-refractivity contribution in [2.24, 2.45) is 0 Å².